The van der Waals surface area contributed by atoms with E-state index >= 15 is 0 Å². The number of nitrogens with zero attached hydrogens (tertiary/aromatic N) is 3. The molecule has 22 heavy (non-hydrogen) atoms. The van der Waals surface area contributed by atoms with Gasteiger partial charge in [-0.3, -0.25) is 4.90 Å². The van der Waals surface area contributed by atoms with E-state index in [4.69, 9.17) is 4.42 Å². The molecule has 1 aliphatic rings. The molecule has 118 valence electrons. The minimum Gasteiger partial charge on any atom is -0.424 e. The second kappa shape index (κ2) is 6.48. The molecule has 0 amide bonds. The molecule has 0 bridgehead atoms. The van der Waals surface area contributed by atoms with Gasteiger partial charge >= 0.3 is 0 Å². The summed E-state index contributed by atoms with van der Waals surface area (Å²) >= 11 is 0. The van der Waals surface area contributed by atoms with Crippen LogP contribution in [0.15, 0.2) is 28.7 Å². The van der Waals surface area contributed by atoms with Crippen LogP contribution < -0.4 is 5.32 Å². The van der Waals surface area contributed by atoms with Gasteiger partial charge in [0.15, 0.2) is 0 Å². The molecule has 0 unspecified atom stereocenters. The van der Waals surface area contributed by atoms with Crippen LogP contribution in [0.3, 0.4) is 0 Å². The molecule has 1 N–H and O–H groups in total. The lowest BCUT2D eigenvalue weighted by molar-refractivity contribution is 0.146. The Kier molecular flexibility index (Phi) is 4.43. The number of aryl methyl sites for hydroxylation is 2. The Labute approximate surface area is 131 Å². The quantitative estimate of drug-likeness (QED) is 0.938. The van der Waals surface area contributed by atoms with Gasteiger partial charge in [0.1, 0.15) is 0 Å². The molecular formula is C17H24N4O. The highest BCUT2D eigenvalue weighted by Crippen LogP contribution is 2.24. The third kappa shape index (κ3) is 3.47. The maximum atomic E-state index is 5.55. The second-order valence-electron chi connectivity index (χ2n) is 6.16. The molecule has 5 heteroatoms. The molecule has 0 aliphatic carbocycles. The van der Waals surface area contributed by atoms with Crippen molar-refractivity contribution in [3.8, 4) is 0 Å². The fourth-order valence-electron chi connectivity index (χ4n) is 2.95. The van der Waals surface area contributed by atoms with E-state index in [1.165, 1.54) is 11.3 Å². The summed E-state index contributed by atoms with van der Waals surface area (Å²) in [7, 11) is 0. The first kappa shape index (κ1) is 15.0. The van der Waals surface area contributed by atoms with Gasteiger partial charge in [-0.1, -0.05) is 17.7 Å². The largest absolute Gasteiger partial charge is 0.424 e. The Morgan fingerprint density at radius 1 is 1.14 bits per heavy atom. The van der Waals surface area contributed by atoms with Gasteiger partial charge in [0.05, 0.1) is 6.04 Å². The van der Waals surface area contributed by atoms with Crippen LogP contribution >= 0.6 is 0 Å². The zero-order valence-corrected chi connectivity index (χ0v) is 13.5. The molecule has 0 radical (unpaired) electrons. The average Bonchev–Trinajstić information content (AvgIpc) is 2.96. The molecule has 1 aromatic carbocycles. The smallest absolute Gasteiger partial charge is 0.233 e. The predicted octanol–water partition coefficient (Wildman–Crippen LogP) is 3.32. The zero-order valence-electron chi connectivity index (χ0n) is 13.5. The SMILES string of the molecule is Cc1ccc(NC2CCN([C@@H](C)c3nnc(C)o3)CC2)cc1. The molecule has 0 spiro atoms. The Balaban J connectivity index is 1.52. The first-order chi connectivity index (χ1) is 10.6. The van der Waals surface area contributed by atoms with Gasteiger partial charge in [-0.15, -0.1) is 10.2 Å². The number of rotatable bonds is 4. The van der Waals surface area contributed by atoms with Gasteiger partial charge < -0.3 is 9.73 Å². The number of benzene rings is 1. The van der Waals surface area contributed by atoms with Crippen molar-refractivity contribution in [3.63, 3.8) is 0 Å². The first-order valence-corrected chi connectivity index (χ1v) is 7.99. The summed E-state index contributed by atoms with van der Waals surface area (Å²) in [6, 6.07) is 9.35. The Hall–Kier alpha value is -1.88. The lowest BCUT2D eigenvalue weighted by atomic mass is 10.0. The lowest BCUT2D eigenvalue weighted by Crippen LogP contribution is -2.40. The predicted molar refractivity (Wildman–Crippen MR) is 86.8 cm³/mol. The third-order valence-corrected chi connectivity index (χ3v) is 4.40. The van der Waals surface area contributed by atoms with Crippen molar-refractivity contribution in [1.29, 1.82) is 0 Å². The van der Waals surface area contributed by atoms with Crippen LogP contribution in [-0.2, 0) is 0 Å². The number of piperidine rings is 1. The van der Waals surface area contributed by atoms with E-state index in [9.17, 15) is 0 Å². The fourth-order valence-corrected chi connectivity index (χ4v) is 2.95. The van der Waals surface area contributed by atoms with Crippen LogP contribution in [0.4, 0.5) is 5.69 Å². The van der Waals surface area contributed by atoms with Crippen LogP contribution in [-0.4, -0.2) is 34.2 Å². The van der Waals surface area contributed by atoms with Crippen LogP contribution in [0.2, 0.25) is 0 Å². The molecular weight excluding hydrogens is 276 g/mol. The maximum absolute atomic E-state index is 5.55. The summed E-state index contributed by atoms with van der Waals surface area (Å²) in [5, 5.41) is 11.7. The third-order valence-electron chi connectivity index (χ3n) is 4.40. The second-order valence-corrected chi connectivity index (χ2v) is 6.16. The van der Waals surface area contributed by atoms with Crippen molar-refractivity contribution in [1.82, 2.24) is 15.1 Å². The van der Waals surface area contributed by atoms with E-state index in [1.54, 1.807) is 0 Å². The molecule has 3 rings (SSSR count). The average molecular weight is 300 g/mol. The number of hydrogen-bond acceptors (Lipinski definition) is 5. The molecule has 1 aromatic heterocycles. The van der Waals surface area contributed by atoms with Crippen molar-refractivity contribution < 1.29 is 4.42 Å². The number of nitrogens with one attached hydrogen (secondary N) is 1. The van der Waals surface area contributed by atoms with Crippen molar-refractivity contribution in [3.05, 3.63) is 41.6 Å². The molecule has 5 nitrogen and oxygen atoms in total. The molecule has 1 saturated heterocycles. The molecule has 1 fully saturated rings. The number of aromatic nitrogens is 2. The van der Waals surface area contributed by atoms with Crippen LogP contribution in [0.5, 0.6) is 0 Å². The van der Waals surface area contributed by atoms with Crippen molar-refractivity contribution in [2.45, 2.75) is 45.7 Å². The van der Waals surface area contributed by atoms with Crippen LogP contribution in [0.25, 0.3) is 0 Å². The molecule has 2 aromatic rings. The Bertz CT molecular complexity index is 599. The van der Waals surface area contributed by atoms with Gasteiger partial charge in [0.2, 0.25) is 11.8 Å². The van der Waals surface area contributed by atoms with Crippen LogP contribution in [0.1, 0.15) is 43.2 Å². The lowest BCUT2D eigenvalue weighted by Gasteiger charge is -2.35. The minimum atomic E-state index is 0.196. The van der Waals surface area contributed by atoms with E-state index in [0.717, 1.165) is 31.8 Å². The normalized spacial score (nSPS) is 18.3. The number of hydrogen-bond donors (Lipinski definition) is 1. The van der Waals surface area contributed by atoms with Gasteiger partial charge in [0.25, 0.3) is 0 Å². The van der Waals surface area contributed by atoms with Gasteiger partial charge in [0, 0.05) is 31.7 Å². The molecule has 0 saturated carbocycles. The highest BCUT2D eigenvalue weighted by atomic mass is 16.4. The fraction of sp³-hybridized carbons (Fsp3) is 0.529. The highest BCUT2D eigenvalue weighted by molar-refractivity contribution is 5.45. The summed E-state index contributed by atoms with van der Waals surface area (Å²) < 4.78 is 5.55. The van der Waals surface area contributed by atoms with Crippen LogP contribution in [0, 0.1) is 13.8 Å². The van der Waals surface area contributed by atoms with Gasteiger partial charge in [-0.2, -0.15) is 0 Å². The molecule has 2 heterocycles. The van der Waals surface area contributed by atoms with E-state index in [2.05, 4.69) is 58.5 Å². The summed E-state index contributed by atoms with van der Waals surface area (Å²) in [6.45, 7) is 8.18. The van der Waals surface area contributed by atoms with Gasteiger partial charge in [-0.05, 0) is 38.8 Å². The topological polar surface area (TPSA) is 54.2 Å². The molecule has 1 atom stereocenters. The summed E-state index contributed by atoms with van der Waals surface area (Å²) in [5.74, 6) is 1.36. The minimum absolute atomic E-state index is 0.196. The maximum Gasteiger partial charge on any atom is 0.233 e. The zero-order chi connectivity index (χ0) is 15.5. The summed E-state index contributed by atoms with van der Waals surface area (Å²) in [6.07, 6.45) is 2.26. The van der Waals surface area contributed by atoms with E-state index in [-0.39, 0.29) is 6.04 Å². The van der Waals surface area contributed by atoms with E-state index < -0.39 is 0 Å². The van der Waals surface area contributed by atoms with Crippen molar-refractivity contribution >= 4 is 5.69 Å². The Morgan fingerprint density at radius 2 is 1.82 bits per heavy atom. The van der Waals surface area contributed by atoms with Crippen molar-refractivity contribution in [2.75, 3.05) is 18.4 Å². The Morgan fingerprint density at radius 3 is 2.41 bits per heavy atom. The highest BCUT2D eigenvalue weighted by Gasteiger charge is 2.26. The first-order valence-electron chi connectivity index (χ1n) is 7.99. The van der Waals surface area contributed by atoms with E-state index in [1.807, 2.05) is 6.92 Å². The molecule has 1 aliphatic heterocycles. The summed E-state index contributed by atoms with van der Waals surface area (Å²) in [5.41, 5.74) is 2.51. The summed E-state index contributed by atoms with van der Waals surface area (Å²) in [4.78, 5) is 2.42. The monoisotopic (exact) mass is 300 g/mol. The number of anilines is 1. The standard InChI is InChI=1S/C17H24N4O/c1-12-4-6-15(7-5-12)18-16-8-10-21(11-9-16)13(2)17-20-19-14(3)22-17/h4-7,13,16,18H,8-11H2,1-3H3/t13-/m0/s1. The van der Waals surface area contributed by atoms with Crippen molar-refractivity contribution in [2.24, 2.45) is 0 Å². The number of likely N-dealkylation sites (tertiary alicyclic amines) is 1. The van der Waals surface area contributed by atoms with Gasteiger partial charge in [-0.25, -0.2) is 0 Å². The van der Waals surface area contributed by atoms with E-state index in [0.29, 0.717) is 11.9 Å².